The molecule has 0 saturated carbocycles. The summed E-state index contributed by atoms with van der Waals surface area (Å²) >= 11 is 0. The molecule has 2 aromatic rings. The Labute approximate surface area is 168 Å². The minimum Gasteiger partial charge on any atom is -0.367 e. The van der Waals surface area contributed by atoms with Crippen molar-refractivity contribution in [3.63, 3.8) is 0 Å². The predicted octanol–water partition coefficient (Wildman–Crippen LogP) is 3.57. The summed E-state index contributed by atoms with van der Waals surface area (Å²) in [7, 11) is -7.06. The molecule has 1 heterocycles. The maximum Gasteiger partial charge on any atom is 0.177 e. The lowest BCUT2D eigenvalue weighted by molar-refractivity contribution is 0.568. The van der Waals surface area contributed by atoms with Gasteiger partial charge in [0.05, 0.1) is 15.5 Å². The average Bonchev–Trinajstić information content (AvgIpc) is 3.04. The monoisotopic (exact) mass is 421 g/mol. The Morgan fingerprint density at radius 3 is 2.14 bits per heavy atom. The highest BCUT2D eigenvalue weighted by atomic mass is 32.2. The number of anilines is 1. The van der Waals surface area contributed by atoms with Crippen molar-refractivity contribution in [1.29, 1.82) is 0 Å². The highest BCUT2D eigenvalue weighted by Gasteiger charge is 2.36. The molecule has 1 aliphatic heterocycles. The molecular formula is C21H27NO4S2. The second-order valence-electron chi connectivity index (χ2n) is 7.65. The van der Waals surface area contributed by atoms with Gasteiger partial charge >= 0.3 is 0 Å². The first-order valence-electron chi connectivity index (χ1n) is 9.39. The van der Waals surface area contributed by atoms with E-state index < -0.39 is 19.7 Å². The van der Waals surface area contributed by atoms with Gasteiger partial charge < -0.3 is 4.90 Å². The smallest absolute Gasteiger partial charge is 0.177 e. The minimum absolute atomic E-state index is 0.0269. The molecule has 0 aromatic heterocycles. The van der Waals surface area contributed by atoms with Crippen molar-refractivity contribution in [2.45, 2.75) is 48.4 Å². The van der Waals surface area contributed by atoms with Gasteiger partial charge in [-0.3, -0.25) is 0 Å². The average molecular weight is 422 g/mol. The summed E-state index contributed by atoms with van der Waals surface area (Å²) in [5.41, 5.74) is 3.06. The molecular weight excluding hydrogens is 394 g/mol. The Hall–Kier alpha value is -1.86. The largest absolute Gasteiger partial charge is 0.367 e. The van der Waals surface area contributed by atoms with Crippen LogP contribution in [0.15, 0.2) is 52.3 Å². The molecule has 1 aliphatic rings. The lowest BCUT2D eigenvalue weighted by Gasteiger charge is -2.31. The highest BCUT2D eigenvalue weighted by Crippen LogP contribution is 2.41. The molecule has 28 heavy (non-hydrogen) atoms. The standard InChI is InChI=1S/C21H27NO4S2/c1-5-19-18(16-8-6-15(2)7-9-16)12-13-22(19)20-11-10-17(27(3,23)24)14-21(20)28(4,25)26/h6-11,14,18-19H,5,12-13H2,1-4H3/t18-,19+/m1/s1. The number of sulfone groups is 2. The van der Waals surface area contributed by atoms with E-state index in [-0.39, 0.29) is 15.8 Å². The molecule has 0 amide bonds. The van der Waals surface area contributed by atoms with Gasteiger partial charge in [-0.05, 0) is 43.5 Å². The Morgan fingerprint density at radius 1 is 0.964 bits per heavy atom. The SMILES string of the molecule is CC[C@H]1[C@@H](c2ccc(C)cc2)CCN1c1ccc(S(C)(=O)=O)cc1S(C)(=O)=O. The van der Waals surface area contributed by atoms with Gasteiger partial charge in [-0.2, -0.15) is 0 Å². The van der Waals surface area contributed by atoms with E-state index in [0.717, 1.165) is 31.9 Å². The molecule has 0 radical (unpaired) electrons. The molecule has 1 fully saturated rings. The zero-order valence-electron chi connectivity index (χ0n) is 16.7. The van der Waals surface area contributed by atoms with E-state index in [1.165, 1.54) is 23.3 Å². The molecule has 0 N–H and O–H groups in total. The van der Waals surface area contributed by atoms with E-state index in [4.69, 9.17) is 0 Å². The molecule has 152 valence electrons. The molecule has 2 aromatic carbocycles. The topological polar surface area (TPSA) is 71.5 Å². The fourth-order valence-corrected chi connectivity index (χ4v) is 5.75. The van der Waals surface area contributed by atoms with Crippen LogP contribution in [-0.2, 0) is 19.7 Å². The summed E-state index contributed by atoms with van der Waals surface area (Å²) in [5, 5.41) is 0. The quantitative estimate of drug-likeness (QED) is 0.738. The number of nitrogens with zero attached hydrogens (tertiary/aromatic N) is 1. The van der Waals surface area contributed by atoms with Crippen LogP contribution in [0.3, 0.4) is 0 Å². The Kier molecular flexibility index (Phi) is 5.60. The number of rotatable bonds is 5. The summed E-state index contributed by atoms with van der Waals surface area (Å²) in [4.78, 5) is 2.24. The van der Waals surface area contributed by atoms with Gasteiger partial charge in [0.25, 0.3) is 0 Å². The fraction of sp³-hybridized carbons (Fsp3) is 0.429. The van der Waals surface area contributed by atoms with E-state index >= 15 is 0 Å². The lowest BCUT2D eigenvalue weighted by Crippen LogP contribution is -2.32. The van der Waals surface area contributed by atoms with E-state index in [0.29, 0.717) is 11.6 Å². The van der Waals surface area contributed by atoms with E-state index in [1.54, 1.807) is 6.07 Å². The summed E-state index contributed by atoms with van der Waals surface area (Å²) < 4.78 is 48.7. The van der Waals surface area contributed by atoms with Crippen molar-refractivity contribution in [2.24, 2.45) is 0 Å². The molecule has 1 saturated heterocycles. The maximum absolute atomic E-state index is 12.5. The van der Waals surface area contributed by atoms with Gasteiger partial charge in [-0.25, -0.2) is 16.8 Å². The molecule has 0 bridgehead atoms. The molecule has 0 unspecified atom stereocenters. The Morgan fingerprint density at radius 2 is 1.61 bits per heavy atom. The van der Waals surface area contributed by atoms with Crippen LogP contribution in [-0.4, -0.2) is 41.9 Å². The van der Waals surface area contributed by atoms with Crippen LogP contribution in [0.2, 0.25) is 0 Å². The highest BCUT2D eigenvalue weighted by molar-refractivity contribution is 7.91. The van der Waals surface area contributed by atoms with Gasteiger partial charge in [-0.1, -0.05) is 36.8 Å². The second kappa shape index (κ2) is 7.52. The van der Waals surface area contributed by atoms with Gasteiger partial charge in [0.2, 0.25) is 0 Å². The minimum atomic E-state index is -3.58. The van der Waals surface area contributed by atoms with Crippen molar-refractivity contribution in [1.82, 2.24) is 0 Å². The molecule has 0 aliphatic carbocycles. The van der Waals surface area contributed by atoms with Crippen molar-refractivity contribution >= 4 is 25.4 Å². The third-order valence-corrected chi connectivity index (χ3v) is 7.77. The fourth-order valence-electron chi connectivity index (χ4n) is 4.12. The Balaban J connectivity index is 2.06. The van der Waals surface area contributed by atoms with Crippen LogP contribution in [0.4, 0.5) is 5.69 Å². The van der Waals surface area contributed by atoms with Crippen LogP contribution >= 0.6 is 0 Å². The van der Waals surface area contributed by atoms with E-state index in [2.05, 4.69) is 43.0 Å². The predicted molar refractivity (Wildman–Crippen MR) is 113 cm³/mol. The molecule has 2 atom stereocenters. The summed E-state index contributed by atoms with van der Waals surface area (Å²) in [6.45, 7) is 4.90. The molecule has 3 rings (SSSR count). The summed E-state index contributed by atoms with van der Waals surface area (Å²) in [6, 6.07) is 13.1. The van der Waals surface area contributed by atoms with Crippen molar-refractivity contribution in [3.8, 4) is 0 Å². The number of hydrogen-bond acceptors (Lipinski definition) is 5. The van der Waals surface area contributed by atoms with Gasteiger partial charge in [0.1, 0.15) is 0 Å². The van der Waals surface area contributed by atoms with Crippen molar-refractivity contribution in [2.75, 3.05) is 24.0 Å². The third-order valence-electron chi connectivity index (χ3n) is 5.54. The Bertz CT molecular complexity index is 1070. The number of hydrogen-bond donors (Lipinski definition) is 0. The van der Waals surface area contributed by atoms with Crippen LogP contribution in [0.1, 0.15) is 36.8 Å². The van der Waals surface area contributed by atoms with E-state index in [1.807, 2.05) is 0 Å². The van der Waals surface area contributed by atoms with Crippen molar-refractivity contribution < 1.29 is 16.8 Å². The second-order valence-corrected chi connectivity index (χ2v) is 11.6. The summed E-state index contributed by atoms with van der Waals surface area (Å²) in [6.07, 6.45) is 4.02. The van der Waals surface area contributed by atoms with Crippen LogP contribution < -0.4 is 4.90 Å². The number of aryl methyl sites for hydroxylation is 1. The first-order chi connectivity index (χ1) is 13.0. The van der Waals surface area contributed by atoms with Gasteiger partial charge in [-0.15, -0.1) is 0 Å². The van der Waals surface area contributed by atoms with E-state index in [9.17, 15) is 16.8 Å². The summed E-state index contributed by atoms with van der Waals surface area (Å²) in [5.74, 6) is 0.313. The molecule has 5 nitrogen and oxygen atoms in total. The third kappa shape index (κ3) is 4.10. The lowest BCUT2D eigenvalue weighted by atomic mass is 9.90. The zero-order chi connectivity index (χ0) is 20.7. The molecule has 0 spiro atoms. The van der Waals surface area contributed by atoms with Gasteiger partial charge in [0.15, 0.2) is 19.7 Å². The first kappa shape index (κ1) is 20.9. The van der Waals surface area contributed by atoms with Crippen LogP contribution in [0.25, 0.3) is 0 Å². The van der Waals surface area contributed by atoms with Crippen molar-refractivity contribution in [3.05, 3.63) is 53.6 Å². The van der Waals surface area contributed by atoms with Crippen LogP contribution in [0.5, 0.6) is 0 Å². The first-order valence-corrected chi connectivity index (χ1v) is 13.2. The van der Waals surface area contributed by atoms with Crippen LogP contribution in [0, 0.1) is 6.92 Å². The van der Waals surface area contributed by atoms with Gasteiger partial charge in [0, 0.05) is 31.0 Å². The molecule has 7 heteroatoms. The maximum atomic E-state index is 12.5. The zero-order valence-corrected chi connectivity index (χ0v) is 18.3. The number of benzene rings is 2. The normalized spacial score (nSPS) is 20.5.